The van der Waals surface area contributed by atoms with Gasteiger partial charge >= 0.3 is 5.97 Å². The molecule has 0 radical (unpaired) electrons. The van der Waals surface area contributed by atoms with Gasteiger partial charge in [-0.1, -0.05) is 18.7 Å². The van der Waals surface area contributed by atoms with Gasteiger partial charge in [0.15, 0.2) is 5.12 Å². The van der Waals surface area contributed by atoms with E-state index in [0.29, 0.717) is 25.1 Å². The second kappa shape index (κ2) is 8.02. The van der Waals surface area contributed by atoms with Crippen LogP contribution >= 0.6 is 11.8 Å². The smallest absolute Gasteiger partial charge is 0.322 e. The molecule has 0 aromatic rings. The minimum Gasteiger partial charge on any atom is -0.480 e. The molecule has 2 N–H and O–H groups in total. The minimum absolute atomic E-state index is 0.0492. The second-order valence-corrected chi connectivity index (χ2v) is 6.20. The molecule has 0 saturated carbocycles. The van der Waals surface area contributed by atoms with Crippen LogP contribution in [0.2, 0.25) is 0 Å². The van der Waals surface area contributed by atoms with Gasteiger partial charge in [-0.25, -0.2) is 0 Å². The van der Waals surface area contributed by atoms with E-state index < -0.39 is 24.5 Å². The maximum Gasteiger partial charge on any atom is 0.322 e. The molecular formula is C13H20N2O5S. The molecule has 7 nitrogen and oxygen atoms in total. The number of carbonyl (C=O) groups excluding carboxylic acids is 3. The molecule has 21 heavy (non-hydrogen) atoms. The molecule has 0 bridgehead atoms. The molecule has 1 heterocycles. The number of nitrogens with one attached hydrogen (secondary N) is 1. The number of aliphatic carboxylic acids is 1. The van der Waals surface area contributed by atoms with E-state index in [1.54, 1.807) is 6.92 Å². The lowest BCUT2D eigenvalue weighted by Crippen LogP contribution is -2.48. The number of likely N-dealkylation sites (tertiary alicyclic amines) is 1. The predicted molar refractivity (Wildman–Crippen MR) is 77.7 cm³/mol. The van der Waals surface area contributed by atoms with E-state index in [1.807, 2.05) is 0 Å². The van der Waals surface area contributed by atoms with Crippen LogP contribution in [0.25, 0.3) is 0 Å². The first kappa shape index (κ1) is 17.5. The molecule has 0 aromatic carbocycles. The molecule has 118 valence electrons. The van der Waals surface area contributed by atoms with E-state index in [9.17, 15) is 19.2 Å². The molecule has 0 spiro atoms. The standard InChI is InChI=1S/C13H20N2O5S/c1-8(7-21-9(2)16)13(20)15-5-3-4-10(15)12(19)14-6-11(17)18/h8,10H,3-7H2,1-2H3,(H,14,19)(H,17,18)/t8?,10-/m0/s1. The predicted octanol–water partition coefficient (Wildman–Crippen LogP) is 0.0940. The number of amides is 2. The number of carboxylic acid groups (broad SMARTS) is 1. The van der Waals surface area contributed by atoms with Gasteiger partial charge in [-0.2, -0.15) is 0 Å². The summed E-state index contributed by atoms with van der Waals surface area (Å²) in [5.74, 6) is -1.70. The molecule has 2 amide bonds. The zero-order chi connectivity index (χ0) is 16.0. The highest BCUT2D eigenvalue weighted by Crippen LogP contribution is 2.21. The van der Waals surface area contributed by atoms with E-state index in [0.717, 1.165) is 11.8 Å². The van der Waals surface area contributed by atoms with Crippen molar-refractivity contribution in [2.24, 2.45) is 5.92 Å². The average Bonchev–Trinajstić information content (AvgIpc) is 2.90. The van der Waals surface area contributed by atoms with Crippen LogP contribution in [0, 0.1) is 5.92 Å². The molecule has 0 aliphatic carbocycles. The first-order valence-corrected chi connectivity index (χ1v) is 7.74. The summed E-state index contributed by atoms with van der Waals surface area (Å²) in [7, 11) is 0. The Balaban J connectivity index is 2.59. The third kappa shape index (κ3) is 5.37. The first-order valence-electron chi connectivity index (χ1n) is 6.76. The minimum atomic E-state index is -1.12. The Bertz CT molecular complexity index is 440. The van der Waals surface area contributed by atoms with Crippen molar-refractivity contribution in [2.45, 2.75) is 32.7 Å². The van der Waals surface area contributed by atoms with E-state index in [4.69, 9.17) is 5.11 Å². The highest BCUT2D eigenvalue weighted by Gasteiger charge is 2.35. The lowest BCUT2D eigenvalue weighted by molar-refractivity contribution is -0.142. The third-order valence-corrected chi connectivity index (χ3v) is 4.28. The Morgan fingerprint density at radius 1 is 1.38 bits per heavy atom. The van der Waals surface area contributed by atoms with E-state index in [-0.39, 0.29) is 16.9 Å². The maximum atomic E-state index is 12.3. The Hall–Kier alpha value is -1.57. The van der Waals surface area contributed by atoms with Crippen molar-refractivity contribution in [1.82, 2.24) is 10.2 Å². The second-order valence-electron chi connectivity index (χ2n) is 5.00. The van der Waals surface area contributed by atoms with Crippen LogP contribution in [-0.2, 0) is 19.2 Å². The molecule has 8 heteroatoms. The van der Waals surface area contributed by atoms with Gasteiger partial charge in [-0.3, -0.25) is 19.2 Å². The fourth-order valence-corrected chi connectivity index (χ4v) is 2.81. The number of nitrogens with zero attached hydrogens (tertiary/aromatic N) is 1. The average molecular weight is 316 g/mol. The van der Waals surface area contributed by atoms with Gasteiger partial charge < -0.3 is 15.3 Å². The summed E-state index contributed by atoms with van der Waals surface area (Å²) >= 11 is 1.09. The van der Waals surface area contributed by atoms with Gasteiger partial charge in [-0.15, -0.1) is 0 Å². The summed E-state index contributed by atoms with van der Waals surface area (Å²) in [4.78, 5) is 47.1. The highest BCUT2D eigenvalue weighted by molar-refractivity contribution is 8.13. The molecule has 0 aromatic heterocycles. The van der Waals surface area contributed by atoms with Crippen LogP contribution in [0.4, 0.5) is 0 Å². The van der Waals surface area contributed by atoms with Crippen molar-refractivity contribution in [3.8, 4) is 0 Å². The lowest BCUT2D eigenvalue weighted by atomic mass is 10.1. The maximum absolute atomic E-state index is 12.3. The fraction of sp³-hybridized carbons (Fsp3) is 0.692. The summed E-state index contributed by atoms with van der Waals surface area (Å²) in [6, 6.07) is -0.610. The largest absolute Gasteiger partial charge is 0.480 e. The van der Waals surface area contributed by atoms with Crippen molar-refractivity contribution in [1.29, 1.82) is 0 Å². The van der Waals surface area contributed by atoms with Crippen LogP contribution in [-0.4, -0.2) is 57.8 Å². The zero-order valence-corrected chi connectivity index (χ0v) is 12.9. The van der Waals surface area contributed by atoms with Gasteiger partial charge in [0.05, 0.1) is 0 Å². The van der Waals surface area contributed by atoms with Crippen LogP contribution < -0.4 is 5.32 Å². The molecule has 1 rings (SSSR count). The molecule has 2 atom stereocenters. The van der Waals surface area contributed by atoms with E-state index >= 15 is 0 Å². The Morgan fingerprint density at radius 3 is 2.62 bits per heavy atom. The molecule has 1 aliphatic rings. The van der Waals surface area contributed by atoms with Gasteiger partial charge in [0.25, 0.3) is 0 Å². The van der Waals surface area contributed by atoms with Crippen LogP contribution in [0.1, 0.15) is 26.7 Å². The first-order chi connectivity index (χ1) is 9.82. The summed E-state index contributed by atoms with van der Waals surface area (Å²) in [6.45, 7) is 3.20. The molecule has 1 fully saturated rings. The summed E-state index contributed by atoms with van der Waals surface area (Å²) in [5, 5.41) is 10.8. The van der Waals surface area contributed by atoms with Crippen LogP contribution in [0.15, 0.2) is 0 Å². The quantitative estimate of drug-likeness (QED) is 0.720. The highest BCUT2D eigenvalue weighted by atomic mass is 32.2. The SMILES string of the molecule is CC(=O)SCC(C)C(=O)N1CCC[C@H]1C(=O)NCC(=O)O. The molecule has 1 aliphatic heterocycles. The normalized spacial score (nSPS) is 19.1. The van der Waals surface area contributed by atoms with Gasteiger partial charge in [0.1, 0.15) is 12.6 Å². The number of carbonyl (C=O) groups is 4. The number of carboxylic acids is 1. The summed E-state index contributed by atoms with van der Waals surface area (Å²) in [5.41, 5.74) is 0. The van der Waals surface area contributed by atoms with E-state index in [1.165, 1.54) is 11.8 Å². The van der Waals surface area contributed by atoms with Crippen LogP contribution in [0.3, 0.4) is 0 Å². The fourth-order valence-electron chi connectivity index (χ4n) is 2.18. The number of hydrogen-bond acceptors (Lipinski definition) is 5. The number of rotatable bonds is 6. The van der Waals surface area contributed by atoms with E-state index in [2.05, 4.69) is 5.32 Å². The van der Waals surface area contributed by atoms with Crippen molar-refractivity contribution in [3.63, 3.8) is 0 Å². The number of thioether (sulfide) groups is 1. The molecule has 1 saturated heterocycles. The number of hydrogen-bond donors (Lipinski definition) is 2. The van der Waals surface area contributed by atoms with Gasteiger partial charge in [0.2, 0.25) is 11.8 Å². The van der Waals surface area contributed by atoms with Crippen molar-refractivity contribution in [3.05, 3.63) is 0 Å². The monoisotopic (exact) mass is 316 g/mol. The van der Waals surface area contributed by atoms with Crippen molar-refractivity contribution >= 4 is 34.7 Å². The Kier molecular flexibility index (Phi) is 6.67. The third-order valence-electron chi connectivity index (χ3n) is 3.21. The summed E-state index contributed by atoms with van der Waals surface area (Å²) < 4.78 is 0. The molecular weight excluding hydrogens is 296 g/mol. The van der Waals surface area contributed by atoms with Crippen molar-refractivity contribution < 1.29 is 24.3 Å². The Labute approximate surface area is 127 Å². The Morgan fingerprint density at radius 2 is 2.05 bits per heavy atom. The summed E-state index contributed by atoms with van der Waals surface area (Å²) in [6.07, 6.45) is 1.24. The topological polar surface area (TPSA) is 104 Å². The molecule has 1 unspecified atom stereocenters. The zero-order valence-electron chi connectivity index (χ0n) is 12.1. The lowest BCUT2D eigenvalue weighted by Gasteiger charge is -2.26. The van der Waals surface area contributed by atoms with Crippen LogP contribution in [0.5, 0.6) is 0 Å². The van der Waals surface area contributed by atoms with Gasteiger partial charge in [0, 0.05) is 25.1 Å². The van der Waals surface area contributed by atoms with Gasteiger partial charge in [-0.05, 0) is 12.8 Å². The van der Waals surface area contributed by atoms with Crippen molar-refractivity contribution in [2.75, 3.05) is 18.8 Å².